The number of halogens is 2. The summed E-state index contributed by atoms with van der Waals surface area (Å²) in [6.07, 6.45) is 0. The first-order valence-electron chi connectivity index (χ1n) is 5.20. The fourth-order valence-electron chi connectivity index (χ4n) is 1.52. The molecule has 2 rings (SSSR count). The number of anilines is 1. The molecule has 0 aliphatic carbocycles. The second-order valence-electron chi connectivity index (χ2n) is 3.67. The van der Waals surface area contributed by atoms with E-state index in [-0.39, 0.29) is 11.7 Å². The predicted molar refractivity (Wildman–Crippen MR) is 73.1 cm³/mol. The zero-order chi connectivity index (χ0) is 13.1. The highest BCUT2D eigenvalue weighted by Gasteiger charge is 2.13. The summed E-state index contributed by atoms with van der Waals surface area (Å²) in [6, 6.07) is 5.83. The van der Waals surface area contributed by atoms with Crippen molar-refractivity contribution in [2.45, 2.75) is 13.5 Å². The maximum absolute atomic E-state index is 12.9. The number of hydrogen-bond donors (Lipinski definition) is 0. The Morgan fingerprint density at radius 3 is 2.61 bits per heavy atom. The zero-order valence-electron chi connectivity index (χ0n) is 9.56. The van der Waals surface area contributed by atoms with Crippen LogP contribution in [0.25, 0.3) is 0 Å². The van der Waals surface area contributed by atoms with Gasteiger partial charge in [-0.1, -0.05) is 0 Å². The summed E-state index contributed by atoms with van der Waals surface area (Å²) in [5.41, 5.74) is 1.46. The van der Waals surface area contributed by atoms with Gasteiger partial charge in [0.05, 0.1) is 12.2 Å². The van der Waals surface area contributed by atoms with Crippen molar-refractivity contribution in [1.29, 1.82) is 0 Å². The number of benzene rings is 1. The molecule has 1 aromatic carbocycles. The number of amides is 1. The molecule has 0 atom stereocenters. The highest BCUT2D eigenvalue weighted by atomic mass is 79.9. The molecular formula is C12H10BrFN2OS. The molecule has 0 saturated heterocycles. The summed E-state index contributed by atoms with van der Waals surface area (Å²) in [4.78, 5) is 17.4. The largest absolute Gasteiger partial charge is 0.307 e. The van der Waals surface area contributed by atoms with Crippen molar-refractivity contribution >= 4 is 38.9 Å². The van der Waals surface area contributed by atoms with Crippen molar-refractivity contribution in [3.63, 3.8) is 0 Å². The standard InChI is InChI=1S/C12H10BrFN2OS/c1-8(17)16(6-10-7-18-12(13)15-10)11-4-2-9(14)3-5-11/h2-5,7H,6H2,1H3. The van der Waals surface area contributed by atoms with E-state index in [9.17, 15) is 9.18 Å². The lowest BCUT2D eigenvalue weighted by atomic mass is 10.2. The molecule has 0 unspecified atom stereocenters. The van der Waals surface area contributed by atoms with Gasteiger partial charge >= 0.3 is 0 Å². The summed E-state index contributed by atoms with van der Waals surface area (Å²) in [5.74, 6) is -0.426. The monoisotopic (exact) mass is 328 g/mol. The van der Waals surface area contributed by atoms with E-state index in [0.29, 0.717) is 12.2 Å². The predicted octanol–water partition coefficient (Wildman–Crippen LogP) is 3.60. The van der Waals surface area contributed by atoms with Crippen molar-refractivity contribution < 1.29 is 9.18 Å². The van der Waals surface area contributed by atoms with Crippen LogP contribution in [0.1, 0.15) is 12.6 Å². The molecule has 1 aromatic heterocycles. The number of carbonyl (C=O) groups excluding carboxylic acids is 1. The average molecular weight is 329 g/mol. The number of nitrogens with zero attached hydrogens (tertiary/aromatic N) is 2. The number of carbonyl (C=O) groups is 1. The van der Waals surface area contributed by atoms with Gasteiger partial charge in [-0.3, -0.25) is 4.79 Å². The minimum atomic E-state index is -0.321. The number of thiazole rings is 1. The topological polar surface area (TPSA) is 33.2 Å². The van der Waals surface area contributed by atoms with Gasteiger partial charge in [0.1, 0.15) is 5.82 Å². The van der Waals surface area contributed by atoms with Crippen LogP contribution in [-0.4, -0.2) is 10.9 Å². The number of rotatable bonds is 3. The van der Waals surface area contributed by atoms with Crippen LogP contribution in [0, 0.1) is 5.82 Å². The molecule has 6 heteroatoms. The van der Waals surface area contributed by atoms with Crippen LogP contribution in [0.3, 0.4) is 0 Å². The Labute approximate surface area is 116 Å². The third-order valence-corrected chi connectivity index (χ3v) is 3.78. The summed E-state index contributed by atoms with van der Waals surface area (Å²) < 4.78 is 13.6. The van der Waals surface area contributed by atoms with Gasteiger partial charge in [0.2, 0.25) is 5.91 Å². The molecule has 1 amide bonds. The van der Waals surface area contributed by atoms with Crippen molar-refractivity contribution in [3.05, 3.63) is 45.1 Å². The minimum absolute atomic E-state index is 0.106. The molecule has 0 saturated carbocycles. The lowest BCUT2D eigenvalue weighted by Crippen LogP contribution is -2.27. The second kappa shape index (κ2) is 5.58. The summed E-state index contributed by atoms with van der Waals surface area (Å²) in [7, 11) is 0. The van der Waals surface area contributed by atoms with Crippen molar-refractivity contribution in [2.75, 3.05) is 4.90 Å². The van der Waals surface area contributed by atoms with Gasteiger partial charge < -0.3 is 4.90 Å². The summed E-state index contributed by atoms with van der Waals surface area (Å²) in [6.45, 7) is 1.85. The highest BCUT2D eigenvalue weighted by Crippen LogP contribution is 2.21. The van der Waals surface area contributed by atoms with E-state index >= 15 is 0 Å². The van der Waals surface area contributed by atoms with Crippen LogP contribution in [-0.2, 0) is 11.3 Å². The Hall–Kier alpha value is -1.27. The Bertz CT molecular complexity index is 555. The van der Waals surface area contributed by atoms with E-state index in [1.807, 2.05) is 5.38 Å². The number of hydrogen-bond acceptors (Lipinski definition) is 3. The van der Waals surface area contributed by atoms with Gasteiger partial charge in [0.25, 0.3) is 0 Å². The fourth-order valence-corrected chi connectivity index (χ4v) is 2.56. The van der Waals surface area contributed by atoms with Crippen LogP contribution < -0.4 is 4.90 Å². The lowest BCUT2D eigenvalue weighted by molar-refractivity contribution is -0.116. The molecule has 0 spiro atoms. The first-order valence-corrected chi connectivity index (χ1v) is 6.87. The van der Waals surface area contributed by atoms with E-state index in [1.54, 1.807) is 17.0 Å². The molecule has 0 radical (unpaired) electrons. The van der Waals surface area contributed by atoms with Crippen molar-refractivity contribution in [3.8, 4) is 0 Å². The van der Waals surface area contributed by atoms with Crippen LogP contribution in [0.5, 0.6) is 0 Å². The molecule has 18 heavy (non-hydrogen) atoms. The van der Waals surface area contributed by atoms with Crippen LogP contribution in [0.2, 0.25) is 0 Å². The first-order chi connectivity index (χ1) is 8.56. The van der Waals surface area contributed by atoms with Gasteiger partial charge in [-0.15, -0.1) is 11.3 Å². The van der Waals surface area contributed by atoms with E-state index in [1.165, 1.54) is 30.4 Å². The molecule has 1 heterocycles. The molecule has 0 N–H and O–H groups in total. The van der Waals surface area contributed by atoms with Gasteiger partial charge in [0, 0.05) is 18.0 Å². The molecule has 0 fully saturated rings. The van der Waals surface area contributed by atoms with Crippen LogP contribution in [0.4, 0.5) is 10.1 Å². The van der Waals surface area contributed by atoms with E-state index < -0.39 is 0 Å². The smallest absolute Gasteiger partial charge is 0.224 e. The molecule has 0 bridgehead atoms. The quantitative estimate of drug-likeness (QED) is 0.862. The second-order valence-corrected chi connectivity index (χ2v) is 5.81. The van der Waals surface area contributed by atoms with E-state index in [4.69, 9.17) is 0 Å². The SMILES string of the molecule is CC(=O)N(Cc1csc(Br)n1)c1ccc(F)cc1. The summed E-state index contributed by atoms with van der Waals surface area (Å²) in [5, 5.41) is 1.88. The summed E-state index contributed by atoms with van der Waals surface area (Å²) >= 11 is 4.74. The highest BCUT2D eigenvalue weighted by molar-refractivity contribution is 9.11. The molecule has 2 aromatic rings. The maximum Gasteiger partial charge on any atom is 0.224 e. The molecule has 0 aliphatic heterocycles. The third kappa shape index (κ3) is 3.14. The molecule has 3 nitrogen and oxygen atoms in total. The fraction of sp³-hybridized carbons (Fsp3) is 0.167. The third-order valence-electron chi connectivity index (χ3n) is 2.36. The first kappa shape index (κ1) is 13.2. The minimum Gasteiger partial charge on any atom is -0.307 e. The molecule has 94 valence electrons. The van der Waals surface area contributed by atoms with Crippen LogP contribution in [0.15, 0.2) is 33.6 Å². The van der Waals surface area contributed by atoms with Gasteiger partial charge in [-0.05, 0) is 40.2 Å². The Kier molecular flexibility index (Phi) is 4.08. The number of aromatic nitrogens is 1. The lowest BCUT2D eigenvalue weighted by Gasteiger charge is -2.20. The van der Waals surface area contributed by atoms with Gasteiger partial charge in [-0.25, -0.2) is 9.37 Å². The van der Waals surface area contributed by atoms with E-state index in [0.717, 1.165) is 9.61 Å². The van der Waals surface area contributed by atoms with Gasteiger partial charge in [-0.2, -0.15) is 0 Å². The maximum atomic E-state index is 12.9. The molecular weight excluding hydrogens is 319 g/mol. The molecule has 0 aliphatic rings. The van der Waals surface area contributed by atoms with Crippen molar-refractivity contribution in [2.24, 2.45) is 0 Å². The zero-order valence-corrected chi connectivity index (χ0v) is 12.0. The van der Waals surface area contributed by atoms with Crippen LogP contribution >= 0.6 is 27.3 Å². The Morgan fingerprint density at radius 2 is 2.11 bits per heavy atom. The Morgan fingerprint density at radius 1 is 1.44 bits per heavy atom. The normalized spacial score (nSPS) is 10.4. The van der Waals surface area contributed by atoms with Gasteiger partial charge in [0.15, 0.2) is 3.92 Å². The average Bonchev–Trinajstić information content (AvgIpc) is 2.73. The Balaban J connectivity index is 2.23. The van der Waals surface area contributed by atoms with E-state index in [2.05, 4.69) is 20.9 Å². The van der Waals surface area contributed by atoms with Crippen molar-refractivity contribution in [1.82, 2.24) is 4.98 Å².